The molecule has 0 unspecified atom stereocenters. The molecule has 0 fully saturated rings. The van der Waals surface area contributed by atoms with Gasteiger partial charge in [-0.05, 0) is 87.1 Å². The average Bonchev–Trinajstić information content (AvgIpc) is 3.31. The second kappa shape index (κ2) is 39.1. The number of ether oxygens (including phenoxy) is 2. The second-order valence-corrected chi connectivity index (χ2v) is 20.1. The first kappa shape index (κ1) is 68.6. The molecule has 0 aliphatic heterocycles. The van der Waals surface area contributed by atoms with Crippen LogP contribution in [0.25, 0.3) is 0 Å². The Morgan fingerprint density at radius 3 is 0.986 bits per heavy atom. The van der Waals surface area contributed by atoms with Gasteiger partial charge in [0, 0.05) is 55.9 Å². The Labute approximate surface area is 469 Å². The normalized spacial score (nSPS) is 14.2. The number of allylic oxidation sites excluding steroid dienone is 6. The van der Waals surface area contributed by atoms with Crippen LogP contribution in [0.1, 0.15) is 128 Å². The molecule has 73 heavy (non-hydrogen) atoms. The monoisotopic (exact) mass is 1190 g/mol. The van der Waals surface area contributed by atoms with Crippen molar-refractivity contribution in [3.8, 4) is 0 Å². The van der Waals surface area contributed by atoms with Gasteiger partial charge in [0.1, 0.15) is 22.9 Å². The Kier molecular flexibility index (Phi) is 36.7. The number of carbonyl (C=O) groups excluding carboxylic acids is 2. The number of nitrogens with one attached hydrogen (secondary N) is 2. The van der Waals surface area contributed by atoms with Crippen molar-refractivity contribution in [1.29, 1.82) is 0 Å². The van der Waals surface area contributed by atoms with Crippen LogP contribution >= 0.6 is 0 Å². The minimum Gasteiger partial charge on any atom is -1.00 e. The van der Waals surface area contributed by atoms with Crippen molar-refractivity contribution in [3.05, 3.63) is 117 Å². The number of hydrogen-bond acceptors (Lipinski definition) is 12. The topological polar surface area (TPSA) is 188 Å². The standard InChI is InChI=1S/2C27H40N4O4.2BrH.Zn/c2*1-31(2,3)20-12-10-8-6-4-5-7-9-11-13-21-35-25-18-19-26(27(32)22-25)29-28-23-14-16-24(17-15-23)30(33)34;;;/h2*14-19,22H,4-13,20-21H2,1-3H3;2*1H;. The third-order valence-corrected chi connectivity index (χ3v) is 11.6. The molecule has 2 aromatic carbocycles. The number of hydrogen-bond donors (Lipinski definition) is 2. The molecule has 16 nitrogen and oxygen atoms in total. The molecule has 0 amide bonds. The summed E-state index contributed by atoms with van der Waals surface area (Å²) in [5, 5.41) is 29.6. The summed E-state index contributed by atoms with van der Waals surface area (Å²) >= 11 is 0. The van der Waals surface area contributed by atoms with Crippen LogP contribution in [0.5, 0.6) is 0 Å². The molecule has 0 aromatic heterocycles. The van der Waals surface area contributed by atoms with Crippen LogP contribution in [0.4, 0.5) is 22.7 Å². The van der Waals surface area contributed by atoms with Gasteiger partial charge in [-0.25, -0.2) is 0 Å². The number of ketones is 2. The summed E-state index contributed by atoms with van der Waals surface area (Å²) in [5.74, 6) is 0.618. The maximum Gasteiger partial charge on any atom is 0.269 e. The molecule has 2 aliphatic carbocycles. The van der Waals surface area contributed by atoms with Gasteiger partial charge in [0.15, 0.2) is 0 Å². The number of non-ortho nitro benzene ring substituents is 2. The Balaban J connectivity index is 0.00000136. The summed E-state index contributed by atoms with van der Waals surface area (Å²) in [4.78, 5) is 45.0. The molecule has 0 bridgehead atoms. The molecular formula is C54H82Br2N8O8Zn. The summed E-state index contributed by atoms with van der Waals surface area (Å²) in [6.07, 6.45) is 34.9. The maximum absolute atomic E-state index is 12.3. The molecular weight excluding hydrogens is 1110 g/mol. The second-order valence-electron chi connectivity index (χ2n) is 20.1. The minimum atomic E-state index is -0.466. The minimum absolute atomic E-state index is 0. The van der Waals surface area contributed by atoms with E-state index in [1.807, 2.05) is 0 Å². The fraction of sp³-hybridized carbons (Fsp3) is 0.556. The van der Waals surface area contributed by atoms with Crippen molar-refractivity contribution in [2.24, 2.45) is 10.2 Å². The van der Waals surface area contributed by atoms with Gasteiger partial charge in [-0.15, -0.1) is 0 Å². The van der Waals surface area contributed by atoms with Crippen LogP contribution in [0.2, 0.25) is 0 Å². The van der Waals surface area contributed by atoms with E-state index < -0.39 is 9.85 Å². The van der Waals surface area contributed by atoms with Gasteiger partial charge >= 0.3 is 0 Å². The molecule has 0 radical (unpaired) electrons. The van der Waals surface area contributed by atoms with E-state index in [-0.39, 0.29) is 87.8 Å². The Bertz CT molecular complexity index is 1970. The van der Waals surface area contributed by atoms with Gasteiger partial charge in [0.05, 0.1) is 89.8 Å². The van der Waals surface area contributed by atoms with E-state index >= 15 is 0 Å². The van der Waals surface area contributed by atoms with Gasteiger partial charge in [-0.2, -0.15) is 10.2 Å². The first-order valence-corrected chi connectivity index (χ1v) is 25.4. The van der Waals surface area contributed by atoms with Crippen LogP contribution in [0, 0.1) is 20.2 Å². The Morgan fingerprint density at radius 2 is 0.726 bits per heavy atom. The number of nitro groups is 2. The number of anilines is 2. The summed E-state index contributed by atoms with van der Waals surface area (Å²) in [7, 11) is 13.5. The fourth-order valence-electron chi connectivity index (χ4n) is 7.50. The molecule has 2 N–H and O–H groups in total. The van der Waals surface area contributed by atoms with Gasteiger partial charge in [-0.3, -0.25) is 40.7 Å². The summed E-state index contributed by atoms with van der Waals surface area (Å²) in [5.41, 5.74) is 7.12. The summed E-state index contributed by atoms with van der Waals surface area (Å²) in [6.45, 7) is 3.73. The number of carbonyl (C=O) groups is 2. The number of nitrogens with zero attached hydrogens (tertiary/aromatic N) is 6. The van der Waals surface area contributed by atoms with Crippen LogP contribution in [-0.4, -0.2) is 110 Å². The number of halogens is 2. The fourth-order valence-corrected chi connectivity index (χ4v) is 7.50. The molecule has 402 valence electrons. The number of quaternary nitrogens is 2. The predicted molar refractivity (Wildman–Crippen MR) is 283 cm³/mol. The summed E-state index contributed by atoms with van der Waals surface area (Å²) in [6, 6.07) is 11.7. The van der Waals surface area contributed by atoms with Gasteiger partial charge in [0.2, 0.25) is 11.6 Å². The zero-order valence-electron chi connectivity index (χ0n) is 44.5. The number of benzene rings is 2. The van der Waals surface area contributed by atoms with E-state index in [2.05, 4.69) is 63.3 Å². The van der Waals surface area contributed by atoms with Gasteiger partial charge in [-0.1, -0.05) is 89.9 Å². The van der Waals surface area contributed by atoms with Gasteiger partial charge < -0.3 is 52.4 Å². The molecule has 0 spiro atoms. The average molecular weight is 1200 g/mol. The van der Waals surface area contributed by atoms with Crippen molar-refractivity contribution in [2.75, 3.05) is 79.4 Å². The Hall–Kier alpha value is -4.42. The van der Waals surface area contributed by atoms with E-state index in [9.17, 15) is 29.8 Å². The number of nitro benzene ring substituents is 2. The van der Waals surface area contributed by atoms with E-state index in [0.29, 0.717) is 36.1 Å². The molecule has 0 saturated carbocycles. The van der Waals surface area contributed by atoms with Crippen molar-refractivity contribution in [3.63, 3.8) is 0 Å². The molecule has 0 heterocycles. The van der Waals surface area contributed by atoms with Crippen LogP contribution in [0.15, 0.2) is 107 Å². The van der Waals surface area contributed by atoms with Crippen molar-refractivity contribution in [2.45, 2.75) is 128 Å². The molecule has 19 heteroatoms. The van der Waals surface area contributed by atoms with Crippen LogP contribution < -0.4 is 44.8 Å². The van der Waals surface area contributed by atoms with E-state index in [4.69, 9.17) is 9.47 Å². The Morgan fingerprint density at radius 1 is 0.452 bits per heavy atom. The van der Waals surface area contributed by atoms with Crippen molar-refractivity contribution in [1.82, 2.24) is 0 Å². The predicted octanol–water partition coefficient (Wildman–Crippen LogP) is 6.02. The maximum atomic E-state index is 12.3. The quantitative estimate of drug-likeness (QED) is 0.0210. The van der Waals surface area contributed by atoms with E-state index in [1.54, 1.807) is 24.3 Å². The first-order valence-electron chi connectivity index (χ1n) is 25.4. The molecule has 2 aromatic rings. The SMILES string of the molecule is C[N+](C)(C)CCCCCCCCCCCCOC1=CC(=O)/C(=N/Nc2ccc([N+](=O)[O-])cc2)C=C1.C[N+](C)(C)CCCCCCCCCCCCOC1=CC(=O)/C(=N\Nc2ccc([N+](=O)[O-])cc2)C=C1.[Br-].[Br-].[Zn]. The smallest absolute Gasteiger partial charge is 0.269 e. The van der Waals surface area contributed by atoms with Crippen molar-refractivity contribution < 1.29 is 91.3 Å². The number of unbranched alkanes of at least 4 members (excludes halogenated alkanes) is 18. The van der Waals surface area contributed by atoms with Crippen LogP contribution in [-0.2, 0) is 38.5 Å². The molecule has 2 aliphatic rings. The van der Waals surface area contributed by atoms with E-state index in [0.717, 1.165) is 34.6 Å². The zero-order chi connectivity index (χ0) is 51.0. The molecule has 0 saturated heterocycles. The zero-order valence-corrected chi connectivity index (χ0v) is 50.6. The van der Waals surface area contributed by atoms with Gasteiger partial charge in [0.25, 0.3) is 11.4 Å². The van der Waals surface area contributed by atoms with Crippen LogP contribution in [0.3, 0.4) is 0 Å². The third-order valence-electron chi connectivity index (χ3n) is 11.6. The largest absolute Gasteiger partial charge is 1.00 e. The molecule has 0 atom stereocenters. The molecule has 4 rings (SSSR count). The third kappa shape index (κ3) is 33.2. The van der Waals surface area contributed by atoms with E-state index in [1.165, 1.54) is 177 Å². The van der Waals surface area contributed by atoms with Crippen molar-refractivity contribution >= 4 is 45.7 Å². The number of rotatable bonds is 34. The first-order chi connectivity index (χ1) is 33.5. The number of hydrazone groups is 2. The summed E-state index contributed by atoms with van der Waals surface area (Å²) < 4.78 is 13.6.